The first-order valence-corrected chi connectivity index (χ1v) is 10.6. The van der Waals surface area contributed by atoms with Gasteiger partial charge in [-0.1, -0.05) is 35.4 Å². The van der Waals surface area contributed by atoms with E-state index in [1.54, 1.807) is 0 Å². The van der Waals surface area contributed by atoms with Crippen molar-refractivity contribution in [2.24, 2.45) is 0 Å². The van der Waals surface area contributed by atoms with Crippen LogP contribution in [-0.4, -0.2) is 31.8 Å². The number of carbonyl (C=O) groups excluding carboxylic acids is 1. The molecular formula is C20H22ClNO4S. The number of aryl methyl sites for hydroxylation is 2. The number of ether oxygens (including phenoxy) is 1. The van der Waals surface area contributed by atoms with Crippen molar-refractivity contribution in [3.05, 3.63) is 63.7 Å². The van der Waals surface area contributed by atoms with E-state index >= 15 is 0 Å². The van der Waals surface area contributed by atoms with Gasteiger partial charge in [0.05, 0.1) is 15.5 Å². The third kappa shape index (κ3) is 4.34. The number of benzene rings is 2. The molecule has 0 atom stereocenters. The average Bonchev–Trinajstić information content (AvgIpc) is 3.18. The second-order valence-electron chi connectivity index (χ2n) is 6.76. The van der Waals surface area contributed by atoms with Crippen molar-refractivity contribution in [1.29, 1.82) is 0 Å². The molecule has 0 aliphatic carbocycles. The van der Waals surface area contributed by atoms with E-state index in [1.807, 2.05) is 32.0 Å². The summed E-state index contributed by atoms with van der Waals surface area (Å²) < 4.78 is 32.2. The fraction of sp³-hybridized carbons (Fsp3) is 0.350. The van der Waals surface area contributed by atoms with Crippen molar-refractivity contribution in [3.8, 4) is 0 Å². The first-order valence-electron chi connectivity index (χ1n) is 8.82. The molecule has 1 fully saturated rings. The van der Waals surface area contributed by atoms with E-state index in [-0.39, 0.29) is 22.1 Å². The molecule has 27 heavy (non-hydrogen) atoms. The van der Waals surface area contributed by atoms with E-state index in [0.717, 1.165) is 29.5 Å². The Morgan fingerprint density at radius 1 is 1.11 bits per heavy atom. The van der Waals surface area contributed by atoms with Gasteiger partial charge in [-0.05, 0) is 56.0 Å². The lowest BCUT2D eigenvalue weighted by atomic mass is 10.1. The summed E-state index contributed by atoms with van der Waals surface area (Å²) in [4.78, 5) is 12.6. The number of halogens is 1. The minimum Gasteiger partial charge on any atom is -0.457 e. The predicted octanol–water partition coefficient (Wildman–Crippen LogP) is 4.10. The Hall–Kier alpha value is -1.89. The van der Waals surface area contributed by atoms with E-state index in [4.69, 9.17) is 16.3 Å². The van der Waals surface area contributed by atoms with Gasteiger partial charge >= 0.3 is 5.97 Å². The van der Waals surface area contributed by atoms with Gasteiger partial charge in [-0.2, -0.15) is 4.31 Å². The van der Waals surface area contributed by atoms with E-state index in [1.165, 1.54) is 22.5 Å². The molecule has 0 radical (unpaired) electrons. The molecule has 5 nitrogen and oxygen atoms in total. The molecule has 0 unspecified atom stereocenters. The van der Waals surface area contributed by atoms with Crippen LogP contribution in [0, 0.1) is 13.8 Å². The second-order valence-corrected chi connectivity index (χ2v) is 9.10. The molecule has 1 aliphatic heterocycles. The van der Waals surface area contributed by atoms with Crippen LogP contribution >= 0.6 is 11.6 Å². The number of hydrogen-bond acceptors (Lipinski definition) is 4. The van der Waals surface area contributed by atoms with Gasteiger partial charge in [0.1, 0.15) is 6.61 Å². The number of esters is 1. The lowest BCUT2D eigenvalue weighted by Crippen LogP contribution is -2.28. The van der Waals surface area contributed by atoms with Crippen LogP contribution in [0.3, 0.4) is 0 Å². The Kier molecular flexibility index (Phi) is 5.89. The third-order valence-electron chi connectivity index (χ3n) is 4.72. The zero-order valence-electron chi connectivity index (χ0n) is 15.4. The van der Waals surface area contributed by atoms with Crippen LogP contribution in [0.15, 0.2) is 41.3 Å². The van der Waals surface area contributed by atoms with Gasteiger partial charge < -0.3 is 4.74 Å². The van der Waals surface area contributed by atoms with Crippen LogP contribution in [0.2, 0.25) is 5.02 Å². The van der Waals surface area contributed by atoms with E-state index in [9.17, 15) is 13.2 Å². The largest absolute Gasteiger partial charge is 0.457 e. The molecule has 3 rings (SSSR count). The van der Waals surface area contributed by atoms with Crippen molar-refractivity contribution in [2.45, 2.75) is 38.2 Å². The molecule has 144 valence electrons. The molecule has 2 aromatic carbocycles. The van der Waals surface area contributed by atoms with Crippen molar-refractivity contribution in [1.82, 2.24) is 4.31 Å². The van der Waals surface area contributed by atoms with Crippen LogP contribution < -0.4 is 0 Å². The van der Waals surface area contributed by atoms with Gasteiger partial charge in [0.25, 0.3) is 0 Å². The van der Waals surface area contributed by atoms with Gasteiger partial charge in [0.15, 0.2) is 0 Å². The SMILES string of the molecule is Cc1ccc(C)c(COC(=O)c2cc(S(=O)(=O)N3CCCC3)ccc2Cl)c1. The highest BCUT2D eigenvalue weighted by molar-refractivity contribution is 7.89. The zero-order chi connectivity index (χ0) is 19.6. The Morgan fingerprint density at radius 3 is 2.52 bits per heavy atom. The predicted molar refractivity (Wildman–Crippen MR) is 104 cm³/mol. The van der Waals surface area contributed by atoms with Gasteiger partial charge in [-0.25, -0.2) is 13.2 Å². The van der Waals surface area contributed by atoms with Gasteiger partial charge in [-0.3, -0.25) is 0 Å². The summed E-state index contributed by atoms with van der Waals surface area (Å²) in [5, 5.41) is 0.168. The number of carbonyl (C=O) groups is 1. The molecule has 0 spiro atoms. The first kappa shape index (κ1) is 19.9. The van der Waals surface area contributed by atoms with Crippen molar-refractivity contribution in [2.75, 3.05) is 13.1 Å². The lowest BCUT2D eigenvalue weighted by molar-refractivity contribution is 0.0472. The summed E-state index contributed by atoms with van der Waals surface area (Å²) >= 11 is 6.13. The van der Waals surface area contributed by atoms with E-state index in [0.29, 0.717) is 13.1 Å². The molecule has 0 aromatic heterocycles. The van der Waals surface area contributed by atoms with Crippen molar-refractivity contribution >= 4 is 27.6 Å². The summed E-state index contributed by atoms with van der Waals surface area (Å²) in [6.45, 7) is 5.01. The van der Waals surface area contributed by atoms with Crippen LogP contribution in [0.5, 0.6) is 0 Å². The molecule has 1 heterocycles. The second kappa shape index (κ2) is 8.00. The number of rotatable bonds is 5. The van der Waals surface area contributed by atoms with Gasteiger partial charge in [0.2, 0.25) is 10.0 Å². The minimum atomic E-state index is -3.62. The maximum absolute atomic E-state index is 12.7. The summed E-state index contributed by atoms with van der Waals surface area (Å²) in [7, 11) is -3.62. The molecule has 0 N–H and O–H groups in total. The highest BCUT2D eigenvalue weighted by Crippen LogP contribution is 2.26. The maximum atomic E-state index is 12.7. The normalized spacial score (nSPS) is 15.1. The van der Waals surface area contributed by atoms with Crippen LogP contribution in [0.25, 0.3) is 0 Å². The standard InChI is InChI=1S/C20H22ClNO4S/c1-14-5-6-15(2)16(11-14)13-26-20(23)18-12-17(7-8-19(18)21)27(24,25)22-9-3-4-10-22/h5-8,11-12H,3-4,9-10,13H2,1-2H3. The molecule has 1 aliphatic rings. The fourth-order valence-corrected chi connectivity index (χ4v) is 4.81. The Bertz CT molecular complexity index is 966. The fourth-order valence-electron chi connectivity index (χ4n) is 3.08. The smallest absolute Gasteiger partial charge is 0.340 e. The average molecular weight is 408 g/mol. The number of nitrogens with zero attached hydrogens (tertiary/aromatic N) is 1. The Balaban J connectivity index is 1.81. The Morgan fingerprint density at radius 2 is 1.81 bits per heavy atom. The van der Waals surface area contributed by atoms with E-state index in [2.05, 4.69) is 0 Å². The van der Waals surface area contributed by atoms with Crippen molar-refractivity contribution < 1.29 is 17.9 Å². The van der Waals surface area contributed by atoms with E-state index < -0.39 is 16.0 Å². The van der Waals surface area contributed by atoms with Crippen LogP contribution in [0.4, 0.5) is 0 Å². The quantitative estimate of drug-likeness (QED) is 0.700. The summed E-state index contributed by atoms with van der Waals surface area (Å²) in [6.07, 6.45) is 1.69. The number of hydrogen-bond donors (Lipinski definition) is 0. The van der Waals surface area contributed by atoms with Gasteiger partial charge in [-0.15, -0.1) is 0 Å². The summed E-state index contributed by atoms with van der Waals surface area (Å²) in [5.41, 5.74) is 3.05. The minimum absolute atomic E-state index is 0.0576. The maximum Gasteiger partial charge on any atom is 0.340 e. The first-order chi connectivity index (χ1) is 12.8. The molecule has 0 amide bonds. The topological polar surface area (TPSA) is 63.7 Å². The molecule has 1 saturated heterocycles. The highest BCUT2D eigenvalue weighted by Gasteiger charge is 2.28. The molecule has 2 aromatic rings. The lowest BCUT2D eigenvalue weighted by Gasteiger charge is -2.16. The molecule has 7 heteroatoms. The van der Waals surface area contributed by atoms with Crippen LogP contribution in [0.1, 0.15) is 39.9 Å². The molecule has 0 bridgehead atoms. The van der Waals surface area contributed by atoms with Gasteiger partial charge in [0, 0.05) is 13.1 Å². The zero-order valence-corrected chi connectivity index (χ0v) is 16.9. The summed E-state index contributed by atoms with van der Waals surface area (Å²) in [5.74, 6) is -0.639. The highest BCUT2D eigenvalue weighted by atomic mass is 35.5. The molecule has 0 saturated carbocycles. The summed E-state index contributed by atoms with van der Waals surface area (Å²) in [6, 6.07) is 10.1. The Labute approximate surface area is 165 Å². The molecular weight excluding hydrogens is 386 g/mol. The monoisotopic (exact) mass is 407 g/mol. The third-order valence-corrected chi connectivity index (χ3v) is 6.95. The van der Waals surface area contributed by atoms with Crippen molar-refractivity contribution in [3.63, 3.8) is 0 Å². The number of sulfonamides is 1. The van der Waals surface area contributed by atoms with Crippen LogP contribution in [-0.2, 0) is 21.4 Å².